The van der Waals surface area contributed by atoms with Crippen LogP contribution < -0.4 is 5.73 Å². The lowest BCUT2D eigenvalue weighted by atomic mass is 10.0. The van der Waals surface area contributed by atoms with Crippen molar-refractivity contribution in [3.05, 3.63) is 0 Å². The number of nitrogens with two attached hydrogens (primary N) is 1. The van der Waals surface area contributed by atoms with Gasteiger partial charge in [0.2, 0.25) is 5.91 Å². The first-order chi connectivity index (χ1) is 6.83. The van der Waals surface area contributed by atoms with Crippen molar-refractivity contribution in [2.45, 2.75) is 39.3 Å². The van der Waals surface area contributed by atoms with Gasteiger partial charge in [0.15, 0.2) is 0 Å². The quantitative estimate of drug-likeness (QED) is 0.732. The third-order valence-electron chi connectivity index (χ3n) is 2.71. The van der Waals surface area contributed by atoms with Crippen molar-refractivity contribution in [1.29, 1.82) is 0 Å². The summed E-state index contributed by atoms with van der Waals surface area (Å²) in [4.78, 5) is 15.9. The van der Waals surface area contributed by atoms with Crippen molar-refractivity contribution in [2.24, 2.45) is 5.73 Å². The minimum atomic E-state index is -0.228. The van der Waals surface area contributed by atoms with E-state index < -0.39 is 0 Å². The summed E-state index contributed by atoms with van der Waals surface area (Å²) in [5.41, 5.74) is 5.73. The van der Waals surface area contributed by atoms with Crippen LogP contribution in [0, 0.1) is 0 Å². The van der Waals surface area contributed by atoms with Gasteiger partial charge in [0.25, 0.3) is 0 Å². The van der Waals surface area contributed by atoms with Gasteiger partial charge in [0.1, 0.15) is 0 Å². The number of carbonyl (C=O) groups excluding carboxylic acids is 1. The minimum Gasteiger partial charge on any atom is -0.338 e. The number of hydrogen-bond acceptors (Lipinski definition) is 3. The maximum Gasteiger partial charge on any atom is 0.237 e. The summed E-state index contributed by atoms with van der Waals surface area (Å²) in [7, 11) is 0. The monoisotopic (exact) mass is 213 g/mol. The van der Waals surface area contributed by atoms with Gasteiger partial charge in [-0.3, -0.25) is 9.69 Å². The molecule has 0 aromatic rings. The number of likely N-dealkylation sites (N-methyl/N-ethyl adjacent to an activating group) is 1. The van der Waals surface area contributed by atoms with Crippen LogP contribution in [0.15, 0.2) is 0 Å². The van der Waals surface area contributed by atoms with E-state index in [-0.39, 0.29) is 11.4 Å². The fourth-order valence-corrected chi connectivity index (χ4v) is 2.25. The van der Waals surface area contributed by atoms with Gasteiger partial charge < -0.3 is 10.6 Å². The van der Waals surface area contributed by atoms with Crippen LogP contribution in [0.25, 0.3) is 0 Å². The van der Waals surface area contributed by atoms with Crippen LogP contribution in [0.5, 0.6) is 0 Å². The van der Waals surface area contributed by atoms with E-state index in [4.69, 9.17) is 5.73 Å². The van der Waals surface area contributed by atoms with E-state index >= 15 is 0 Å². The van der Waals surface area contributed by atoms with Crippen molar-refractivity contribution >= 4 is 5.91 Å². The first-order valence-corrected chi connectivity index (χ1v) is 5.64. The Hall–Kier alpha value is -0.610. The van der Waals surface area contributed by atoms with Crippen LogP contribution in [-0.2, 0) is 4.79 Å². The van der Waals surface area contributed by atoms with Crippen LogP contribution in [0.3, 0.4) is 0 Å². The fraction of sp³-hybridized carbons (Fsp3) is 0.909. The van der Waals surface area contributed by atoms with Crippen LogP contribution >= 0.6 is 0 Å². The highest BCUT2D eigenvalue weighted by molar-refractivity contribution is 5.79. The van der Waals surface area contributed by atoms with E-state index in [1.165, 1.54) is 0 Å². The number of nitrogens with zero attached hydrogens (tertiary/aromatic N) is 2. The average molecular weight is 213 g/mol. The van der Waals surface area contributed by atoms with E-state index in [9.17, 15) is 4.79 Å². The lowest BCUT2D eigenvalue weighted by Crippen LogP contribution is -2.58. The summed E-state index contributed by atoms with van der Waals surface area (Å²) in [6.07, 6.45) is 0. The molecular formula is C11H23N3O. The molecule has 1 unspecified atom stereocenters. The molecular weight excluding hydrogens is 190 g/mol. The summed E-state index contributed by atoms with van der Waals surface area (Å²) >= 11 is 0. The molecule has 0 aromatic carbocycles. The highest BCUT2D eigenvalue weighted by Crippen LogP contribution is 2.12. The smallest absolute Gasteiger partial charge is 0.237 e. The summed E-state index contributed by atoms with van der Waals surface area (Å²) in [6.45, 7) is 11.1. The minimum absolute atomic E-state index is 0.223. The first-order valence-electron chi connectivity index (χ1n) is 5.64. The SMILES string of the molecule is CCN1C(=O)CN(CC(C)(C)N)CC1C. The molecule has 1 saturated heterocycles. The molecule has 0 spiro atoms. The largest absolute Gasteiger partial charge is 0.338 e. The Morgan fingerprint density at radius 1 is 1.53 bits per heavy atom. The Labute approximate surface area is 92.4 Å². The highest BCUT2D eigenvalue weighted by Gasteiger charge is 2.30. The molecule has 4 heteroatoms. The molecule has 4 nitrogen and oxygen atoms in total. The highest BCUT2D eigenvalue weighted by atomic mass is 16.2. The van der Waals surface area contributed by atoms with Crippen molar-refractivity contribution in [1.82, 2.24) is 9.80 Å². The van der Waals surface area contributed by atoms with E-state index in [1.54, 1.807) is 0 Å². The van der Waals surface area contributed by atoms with Crippen molar-refractivity contribution in [3.63, 3.8) is 0 Å². The van der Waals surface area contributed by atoms with Gasteiger partial charge in [-0.05, 0) is 27.7 Å². The first kappa shape index (κ1) is 12.5. The maximum absolute atomic E-state index is 11.8. The lowest BCUT2D eigenvalue weighted by Gasteiger charge is -2.41. The molecule has 1 atom stereocenters. The standard InChI is InChI=1S/C11H23N3O/c1-5-14-9(2)6-13(7-10(14)15)8-11(3,4)12/h9H,5-8,12H2,1-4H3. The third kappa shape index (κ3) is 3.47. The van der Waals surface area contributed by atoms with Gasteiger partial charge in [0, 0.05) is 31.2 Å². The van der Waals surface area contributed by atoms with Gasteiger partial charge in [-0.2, -0.15) is 0 Å². The number of hydrogen-bond donors (Lipinski definition) is 1. The van der Waals surface area contributed by atoms with Crippen LogP contribution in [0.2, 0.25) is 0 Å². The van der Waals surface area contributed by atoms with E-state index in [0.29, 0.717) is 12.6 Å². The van der Waals surface area contributed by atoms with E-state index in [1.807, 2.05) is 25.7 Å². The number of rotatable bonds is 3. The second kappa shape index (κ2) is 4.49. The molecule has 1 aliphatic heterocycles. The molecule has 15 heavy (non-hydrogen) atoms. The van der Waals surface area contributed by atoms with Gasteiger partial charge in [0.05, 0.1) is 6.54 Å². The number of carbonyl (C=O) groups is 1. The van der Waals surface area contributed by atoms with Gasteiger partial charge in [-0.15, -0.1) is 0 Å². The molecule has 1 fully saturated rings. The predicted molar refractivity (Wildman–Crippen MR) is 61.6 cm³/mol. The Morgan fingerprint density at radius 3 is 2.53 bits per heavy atom. The lowest BCUT2D eigenvalue weighted by molar-refractivity contribution is -0.139. The molecule has 1 rings (SSSR count). The molecule has 0 bridgehead atoms. The van der Waals surface area contributed by atoms with Crippen LogP contribution in [0.1, 0.15) is 27.7 Å². The van der Waals surface area contributed by atoms with Gasteiger partial charge >= 0.3 is 0 Å². The molecule has 0 aliphatic carbocycles. The summed E-state index contributed by atoms with van der Waals surface area (Å²) in [6, 6.07) is 0.304. The topological polar surface area (TPSA) is 49.6 Å². The summed E-state index contributed by atoms with van der Waals surface area (Å²) < 4.78 is 0. The zero-order valence-corrected chi connectivity index (χ0v) is 10.3. The van der Waals surface area contributed by atoms with Crippen molar-refractivity contribution in [2.75, 3.05) is 26.2 Å². The Balaban J connectivity index is 2.57. The molecule has 1 aliphatic rings. The normalized spacial score (nSPS) is 24.7. The Morgan fingerprint density at radius 2 is 2.13 bits per heavy atom. The predicted octanol–water partition coefficient (Wildman–Crippen LogP) is 0.276. The molecule has 0 saturated carbocycles. The Bertz CT molecular complexity index is 234. The summed E-state index contributed by atoms with van der Waals surface area (Å²) in [5, 5.41) is 0. The second-order valence-corrected chi connectivity index (χ2v) is 5.19. The summed E-state index contributed by atoms with van der Waals surface area (Å²) in [5.74, 6) is 0.223. The van der Waals surface area contributed by atoms with Crippen molar-refractivity contribution in [3.8, 4) is 0 Å². The van der Waals surface area contributed by atoms with Crippen molar-refractivity contribution < 1.29 is 4.79 Å². The molecule has 88 valence electrons. The molecule has 1 heterocycles. The van der Waals surface area contributed by atoms with E-state index in [2.05, 4.69) is 11.8 Å². The molecule has 2 N–H and O–H groups in total. The molecule has 1 amide bonds. The number of piperazine rings is 1. The zero-order valence-electron chi connectivity index (χ0n) is 10.3. The van der Waals surface area contributed by atoms with Gasteiger partial charge in [-0.25, -0.2) is 0 Å². The van der Waals surface area contributed by atoms with Gasteiger partial charge in [-0.1, -0.05) is 0 Å². The van der Waals surface area contributed by atoms with Crippen LogP contribution in [-0.4, -0.2) is 53.5 Å². The fourth-order valence-electron chi connectivity index (χ4n) is 2.25. The molecule has 0 aromatic heterocycles. The van der Waals surface area contributed by atoms with E-state index in [0.717, 1.165) is 19.6 Å². The van der Waals surface area contributed by atoms with Crippen LogP contribution in [0.4, 0.5) is 0 Å². The molecule has 0 radical (unpaired) electrons. The third-order valence-corrected chi connectivity index (χ3v) is 2.71. The number of amides is 1. The average Bonchev–Trinajstić information content (AvgIpc) is 1.99. The second-order valence-electron chi connectivity index (χ2n) is 5.19. The maximum atomic E-state index is 11.8. The Kier molecular flexibility index (Phi) is 3.73. The zero-order chi connectivity index (χ0) is 11.6.